The van der Waals surface area contributed by atoms with E-state index < -0.39 is 17.7 Å². The quantitative estimate of drug-likeness (QED) is 0.392. The lowest BCUT2D eigenvalue weighted by Crippen LogP contribution is -2.29. The summed E-state index contributed by atoms with van der Waals surface area (Å²) in [7, 11) is 3.89. The molecule has 3 aromatic rings. The lowest BCUT2D eigenvalue weighted by atomic mass is 9.95. The molecular weight excluding hydrogens is 390 g/mol. The van der Waals surface area contributed by atoms with Crippen molar-refractivity contribution in [2.24, 2.45) is 0 Å². The summed E-state index contributed by atoms with van der Waals surface area (Å²) < 4.78 is 0. The number of hydrogen-bond acceptors (Lipinski definition) is 5. The van der Waals surface area contributed by atoms with Crippen molar-refractivity contribution >= 4 is 23.1 Å². The summed E-state index contributed by atoms with van der Waals surface area (Å²) in [5, 5.41) is 11.0. The molecule has 2 heterocycles. The minimum absolute atomic E-state index is 0.0951. The first-order valence-corrected chi connectivity index (χ1v) is 9.97. The van der Waals surface area contributed by atoms with Gasteiger partial charge in [-0.15, -0.1) is 0 Å². The molecule has 1 aliphatic heterocycles. The molecule has 1 fully saturated rings. The highest BCUT2D eigenvalue weighted by Crippen LogP contribution is 2.40. The molecule has 156 valence electrons. The number of hydrogen-bond donors (Lipinski definition) is 1. The molecule has 31 heavy (non-hydrogen) atoms. The summed E-state index contributed by atoms with van der Waals surface area (Å²) in [6, 6.07) is 19.4. The van der Waals surface area contributed by atoms with Gasteiger partial charge in [-0.25, -0.2) is 0 Å². The van der Waals surface area contributed by atoms with Crippen molar-refractivity contribution in [3.8, 4) is 0 Å². The Kier molecular flexibility index (Phi) is 5.54. The molecule has 1 saturated heterocycles. The Morgan fingerprint density at radius 3 is 2.32 bits per heavy atom. The minimum atomic E-state index is -0.698. The van der Waals surface area contributed by atoms with Gasteiger partial charge in [0.2, 0.25) is 0 Å². The molecule has 2 aromatic carbocycles. The Morgan fingerprint density at radius 2 is 1.71 bits per heavy atom. The number of nitrogens with zero attached hydrogens (tertiary/aromatic N) is 3. The van der Waals surface area contributed by atoms with E-state index in [0.717, 1.165) is 16.8 Å². The highest BCUT2D eigenvalue weighted by molar-refractivity contribution is 6.46. The van der Waals surface area contributed by atoms with Crippen molar-refractivity contribution in [1.29, 1.82) is 0 Å². The Bertz CT molecular complexity index is 1120. The van der Waals surface area contributed by atoms with Gasteiger partial charge < -0.3 is 14.9 Å². The molecule has 1 aliphatic rings. The van der Waals surface area contributed by atoms with Crippen LogP contribution in [0.3, 0.4) is 0 Å². The number of rotatable bonds is 5. The normalized spacial score (nSPS) is 17.7. The third-order valence-corrected chi connectivity index (χ3v) is 5.39. The lowest BCUT2D eigenvalue weighted by Gasteiger charge is -2.26. The van der Waals surface area contributed by atoms with Crippen LogP contribution in [0.15, 0.2) is 84.7 Å². The van der Waals surface area contributed by atoms with Gasteiger partial charge >= 0.3 is 0 Å². The second-order valence-electron chi connectivity index (χ2n) is 7.64. The van der Waals surface area contributed by atoms with Crippen LogP contribution < -0.4 is 4.90 Å². The summed E-state index contributed by atoms with van der Waals surface area (Å²) >= 11 is 0. The van der Waals surface area contributed by atoms with Crippen LogP contribution in [0.5, 0.6) is 0 Å². The number of carbonyl (C=O) groups is 2. The predicted molar refractivity (Wildman–Crippen MR) is 119 cm³/mol. The van der Waals surface area contributed by atoms with Crippen molar-refractivity contribution in [2.45, 2.75) is 12.6 Å². The number of amides is 1. The van der Waals surface area contributed by atoms with Crippen LogP contribution in [-0.2, 0) is 16.1 Å². The van der Waals surface area contributed by atoms with Gasteiger partial charge in [-0.2, -0.15) is 0 Å². The maximum absolute atomic E-state index is 13.0. The molecule has 1 atom stereocenters. The molecule has 6 heteroatoms. The number of likely N-dealkylation sites (tertiary alicyclic amines) is 1. The molecule has 0 spiro atoms. The maximum Gasteiger partial charge on any atom is 0.295 e. The standard InChI is InChI=1S/C25H23N3O3/c1-27(2)20-12-10-18(11-13-20)22-21(23(29)19-8-4-3-5-9-19)24(30)25(31)28(22)16-17-7-6-14-26-15-17/h3-15,22,29H,16H2,1-2H3/t22-/m1/s1. The van der Waals surface area contributed by atoms with Gasteiger partial charge in [0, 0.05) is 44.3 Å². The minimum Gasteiger partial charge on any atom is -0.507 e. The van der Waals surface area contributed by atoms with E-state index in [1.54, 1.807) is 42.7 Å². The first-order valence-electron chi connectivity index (χ1n) is 9.97. The van der Waals surface area contributed by atoms with Gasteiger partial charge in [-0.3, -0.25) is 14.6 Å². The van der Waals surface area contributed by atoms with Crippen molar-refractivity contribution in [2.75, 3.05) is 19.0 Å². The van der Waals surface area contributed by atoms with Crippen LogP contribution in [0.1, 0.15) is 22.7 Å². The van der Waals surface area contributed by atoms with Crippen molar-refractivity contribution in [1.82, 2.24) is 9.88 Å². The van der Waals surface area contributed by atoms with Crippen LogP contribution in [-0.4, -0.2) is 40.8 Å². The van der Waals surface area contributed by atoms with Crippen molar-refractivity contribution < 1.29 is 14.7 Å². The van der Waals surface area contributed by atoms with Crippen LogP contribution in [0.2, 0.25) is 0 Å². The van der Waals surface area contributed by atoms with Gasteiger partial charge in [0.1, 0.15) is 5.76 Å². The second kappa shape index (κ2) is 8.44. The number of aliphatic hydroxyl groups is 1. The van der Waals surface area contributed by atoms with E-state index in [4.69, 9.17) is 0 Å². The predicted octanol–water partition coefficient (Wildman–Crippen LogP) is 3.77. The zero-order valence-electron chi connectivity index (χ0n) is 17.4. The number of anilines is 1. The fourth-order valence-corrected chi connectivity index (χ4v) is 3.78. The third-order valence-electron chi connectivity index (χ3n) is 5.39. The highest BCUT2D eigenvalue weighted by Gasteiger charge is 2.46. The van der Waals surface area contributed by atoms with Crippen LogP contribution in [0.25, 0.3) is 5.76 Å². The molecule has 6 nitrogen and oxygen atoms in total. The van der Waals surface area contributed by atoms with Gasteiger partial charge in [-0.1, -0.05) is 48.5 Å². The topological polar surface area (TPSA) is 73.7 Å². The SMILES string of the molecule is CN(C)c1ccc([C@@H]2C(=C(O)c3ccccc3)C(=O)C(=O)N2Cc2cccnc2)cc1. The molecule has 0 unspecified atom stereocenters. The van der Waals surface area contributed by atoms with E-state index in [1.807, 2.05) is 55.4 Å². The van der Waals surface area contributed by atoms with Gasteiger partial charge in [-0.05, 0) is 29.3 Å². The zero-order valence-corrected chi connectivity index (χ0v) is 17.4. The molecule has 1 amide bonds. The first kappa shape index (κ1) is 20.3. The Hall–Kier alpha value is -3.93. The molecule has 0 radical (unpaired) electrons. The van der Waals surface area contributed by atoms with E-state index in [0.29, 0.717) is 5.56 Å². The van der Waals surface area contributed by atoms with Gasteiger partial charge in [0.25, 0.3) is 11.7 Å². The molecule has 1 aromatic heterocycles. The molecule has 0 saturated carbocycles. The lowest BCUT2D eigenvalue weighted by molar-refractivity contribution is -0.140. The van der Waals surface area contributed by atoms with E-state index >= 15 is 0 Å². The molecule has 4 rings (SSSR count). The van der Waals surface area contributed by atoms with Crippen molar-refractivity contribution in [3.05, 3.63) is 101 Å². The third kappa shape index (κ3) is 3.92. The second-order valence-corrected chi connectivity index (χ2v) is 7.64. The Morgan fingerprint density at radius 1 is 1.00 bits per heavy atom. The van der Waals surface area contributed by atoms with E-state index in [-0.39, 0.29) is 17.9 Å². The monoisotopic (exact) mass is 413 g/mol. The van der Waals surface area contributed by atoms with Gasteiger partial charge in [0.05, 0.1) is 11.6 Å². The number of Topliss-reactive ketones (excluding diaryl/α,β-unsaturated/α-hetero) is 1. The Balaban J connectivity index is 1.84. The summed E-state index contributed by atoms with van der Waals surface area (Å²) in [5.41, 5.74) is 3.15. The average Bonchev–Trinajstić information content (AvgIpc) is 3.05. The summed E-state index contributed by atoms with van der Waals surface area (Å²) in [5.74, 6) is -1.50. The van der Waals surface area contributed by atoms with Crippen LogP contribution >= 0.6 is 0 Å². The zero-order chi connectivity index (χ0) is 22.0. The average molecular weight is 413 g/mol. The summed E-state index contributed by atoms with van der Waals surface area (Å²) in [6.45, 7) is 0.212. The fourth-order valence-electron chi connectivity index (χ4n) is 3.78. The maximum atomic E-state index is 13.0. The molecule has 0 bridgehead atoms. The number of pyridine rings is 1. The number of carbonyl (C=O) groups excluding carboxylic acids is 2. The number of benzene rings is 2. The first-order chi connectivity index (χ1) is 15.0. The summed E-state index contributed by atoms with van der Waals surface area (Å²) in [6.07, 6.45) is 3.33. The van der Waals surface area contributed by atoms with Crippen LogP contribution in [0.4, 0.5) is 5.69 Å². The van der Waals surface area contributed by atoms with E-state index in [9.17, 15) is 14.7 Å². The van der Waals surface area contributed by atoms with Gasteiger partial charge in [0.15, 0.2) is 0 Å². The fraction of sp³-hybridized carbons (Fsp3) is 0.160. The van der Waals surface area contributed by atoms with E-state index in [2.05, 4.69) is 4.98 Å². The van der Waals surface area contributed by atoms with E-state index in [1.165, 1.54) is 4.90 Å². The van der Waals surface area contributed by atoms with Crippen LogP contribution in [0, 0.1) is 0 Å². The van der Waals surface area contributed by atoms with Crippen molar-refractivity contribution in [3.63, 3.8) is 0 Å². The highest BCUT2D eigenvalue weighted by atomic mass is 16.3. The molecular formula is C25H23N3O3. The molecule has 0 aliphatic carbocycles. The number of aromatic nitrogens is 1. The molecule has 1 N–H and O–H groups in total. The number of ketones is 1. The number of aliphatic hydroxyl groups excluding tert-OH is 1. The smallest absolute Gasteiger partial charge is 0.295 e. The Labute approximate surface area is 181 Å². The largest absolute Gasteiger partial charge is 0.507 e. The summed E-state index contributed by atoms with van der Waals surface area (Å²) in [4.78, 5) is 33.6.